The number of amidine groups is 2. The summed E-state index contributed by atoms with van der Waals surface area (Å²) in [5, 5.41) is 6.94. The smallest absolute Gasteiger partial charge is 0.311 e. The highest BCUT2D eigenvalue weighted by Crippen LogP contribution is 2.15. The van der Waals surface area contributed by atoms with Crippen LogP contribution in [-0.4, -0.2) is 17.5 Å². The molecule has 0 unspecified atom stereocenters. The lowest BCUT2D eigenvalue weighted by atomic mass is 10.1. The van der Waals surface area contributed by atoms with E-state index >= 15 is 0 Å². The first-order valence-electron chi connectivity index (χ1n) is 2.64. The van der Waals surface area contributed by atoms with E-state index in [9.17, 15) is 0 Å². The Morgan fingerprint density at radius 1 is 1.67 bits per heavy atom. The van der Waals surface area contributed by atoms with Crippen molar-refractivity contribution < 1.29 is 4.74 Å². The Hall–Kier alpha value is -1.06. The molecule has 0 aliphatic carbocycles. The van der Waals surface area contributed by atoms with Crippen LogP contribution in [0.4, 0.5) is 0 Å². The molecule has 0 saturated heterocycles. The molecule has 0 radical (unpaired) electrons. The Morgan fingerprint density at radius 3 is 2.33 bits per heavy atom. The zero-order valence-corrected chi connectivity index (χ0v) is 5.43. The van der Waals surface area contributed by atoms with E-state index in [0.717, 1.165) is 0 Å². The second kappa shape index (κ2) is 1.46. The van der Waals surface area contributed by atoms with Crippen molar-refractivity contribution in [2.45, 2.75) is 19.4 Å². The summed E-state index contributed by atoms with van der Waals surface area (Å²) >= 11 is 0. The first kappa shape index (κ1) is 6.07. The molecule has 9 heavy (non-hydrogen) atoms. The number of rotatable bonds is 0. The van der Waals surface area contributed by atoms with Gasteiger partial charge in [0.05, 0.1) is 0 Å². The van der Waals surface area contributed by atoms with Crippen molar-refractivity contribution in [2.24, 2.45) is 10.7 Å². The topological polar surface area (TPSA) is 71.5 Å². The van der Waals surface area contributed by atoms with Gasteiger partial charge in [0.15, 0.2) is 5.60 Å². The van der Waals surface area contributed by atoms with E-state index in [0.29, 0.717) is 5.84 Å². The summed E-state index contributed by atoms with van der Waals surface area (Å²) in [6.45, 7) is 3.54. The number of nitrogens with one attached hydrogen (secondary N) is 1. The standard InChI is InChI=1S/C5H9N3O/c1-5(2)3(6)8-4(7)9-5/h1-2H3,(H3,6,7,8). The van der Waals surface area contributed by atoms with Gasteiger partial charge in [0.25, 0.3) is 0 Å². The van der Waals surface area contributed by atoms with Crippen molar-refractivity contribution in [1.82, 2.24) is 0 Å². The first-order chi connectivity index (χ1) is 4.02. The number of ether oxygens (including phenoxy) is 1. The zero-order valence-electron chi connectivity index (χ0n) is 5.43. The van der Waals surface area contributed by atoms with E-state index in [4.69, 9.17) is 15.9 Å². The van der Waals surface area contributed by atoms with E-state index in [1.54, 1.807) is 13.8 Å². The molecular formula is C5H9N3O. The average Bonchev–Trinajstić information content (AvgIpc) is 1.79. The Bertz CT molecular complexity index is 183. The van der Waals surface area contributed by atoms with E-state index < -0.39 is 5.60 Å². The van der Waals surface area contributed by atoms with Gasteiger partial charge < -0.3 is 10.5 Å². The molecular weight excluding hydrogens is 118 g/mol. The van der Waals surface area contributed by atoms with Gasteiger partial charge in [-0.1, -0.05) is 0 Å². The van der Waals surface area contributed by atoms with Crippen molar-refractivity contribution in [3.63, 3.8) is 0 Å². The summed E-state index contributed by atoms with van der Waals surface area (Å²) in [7, 11) is 0. The lowest BCUT2D eigenvalue weighted by Crippen LogP contribution is -2.36. The van der Waals surface area contributed by atoms with Gasteiger partial charge in [-0.25, -0.2) is 5.41 Å². The van der Waals surface area contributed by atoms with Crippen LogP contribution < -0.4 is 5.73 Å². The van der Waals surface area contributed by atoms with Crippen molar-refractivity contribution in [3.05, 3.63) is 0 Å². The predicted molar refractivity (Wildman–Crippen MR) is 34.5 cm³/mol. The van der Waals surface area contributed by atoms with Gasteiger partial charge in [-0.3, -0.25) is 0 Å². The predicted octanol–water partition coefficient (Wildman–Crippen LogP) is 0.0872. The normalized spacial score (nSPS) is 23.3. The largest absolute Gasteiger partial charge is 0.450 e. The monoisotopic (exact) mass is 127 g/mol. The van der Waals surface area contributed by atoms with Crippen LogP contribution in [0.1, 0.15) is 13.8 Å². The molecule has 0 saturated carbocycles. The van der Waals surface area contributed by atoms with Crippen LogP contribution in [0.3, 0.4) is 0 Å². The van der Waals surface area contributed by atoms with Gasteiger partial charge in [-0.05, 0) is 13.8 Å². The molecule has 0 bridgehead atoms. The number of nitrogens with zero attached hydrogens (tertiary/aromatic N) is 1. The molecule has 0 aromatic rings. The molecule has 1 rings (SSSR count). The number of nitrogens with two attached hydrogens (primary N) is 1. The third-order valence-electron chi connectivity index (χ3n) is 1.19. The van der Waals surface area contributed by atoms with Crippen molar-refractivity contribution >= 4 is 11.9 Å². The maximum absolute atomic E-state index is 6.94. The van der Waals surface area contributed by atoms with Crippen LogP contribution >= 0.6 is 0 Å². The fourth-order valence-electron chi connectivity index (χ4n) is 0.561. The van der Waals surface area contributed by atoms with Gasteiger partial charge in [0, 0.05) is 0 Å². The van der Waals surface area contributed by atoms with Gasteiger partial charge in [0.2, 0.25) is 0 Å². The lowest BCUT2D eigenvalue weighted by Gasteiger charge is -2.15. The Labute approximate surface area is 53.2 Å². The van der Waals surface area contributed by atoms with E-state index in [1.807, 2.05) is 0 Å². The Balaban J connectivity index is 2.89. The molecule has 50 valence electrons. The molecule has 1 aliphatic heterocycles. The molecule has 0 aromatic carbocycles. The molecule has 3 N–H and O–H groups in total. The minimum atomic E-state index is -0.572. The first-order valence-corrected chi connectivity index (χ1v) is 2.64. The van der Waals surface area contributed by atoms with Crippen molar-refractivity contribution in [3.8, 4) is 0 Å². The number of hydrogen-bond donors (Lipinski definition) is 2. The summed E-state index contributed by atoms with van der Waals surface area (Å²) in [6, 6.07) is -0.0995. The maximum Gasteiger partial charge on any atom is 0.311 e. The van der Waals surface area contributed by atoms with Crippen LogP contribution in [0.5, 0.6) is 0 Å². The highest BCUT2D eigenvalue weighted by molar-refractivity contribution is 6.01. The fourth-order valence-corrected chi connectivity index (χ4v) is 0.561. The average molecular weight is 127 g/mol. The third-order valence-corrected chi connectivity index (χ3v) is 1.19. The molecule has 0 amide bonds. The highest BCUT2D eigenvalue weighted by Gasteiger charge is 2.31. The molecule has 0 spiro atoms. The summed E-state index contributed by atoms with van der Waals surface area (Å²) in [4.78, 5) is 3.60. The van der Waals surface area contributed by atoms with Crippen LogP contribution in [0.15, 0.2) is 4.99 Å². The van der Waals surface area contributed by atoms with Gasteiger partial charge in [-0.15, -0.1) is 0 Å². The van der Waals surface area contributed by atoms with Gasteiger partial charge in [0.1, 0.15) is 5.84 Å². The molecule has 1 aliphatic rings. The zero-order chi connectivity index (χ0) is 7.07. The molecule has 0 fully saturated rings. The van der Waals surface area contributed by atoms with E-state index in [-0.39, 0.29) is 6.02 Å². The van der Waals surface area contributed by atoms with Crippen molar-refractivity contribution in [1.29, 1.82) is 5.41 Å². The summed E-state index contributed by atoms with van der Waals surface area (Å²) in [5.41, 5.74) is 4.81. The van der Waals surface area contributed by atoms with E-state index in [2.05, 4.69) is 4.99 Å². The van der Waals surface area contributed by atoms with Crippen LogP contribution in [-0.2, 0) is 4.74 Å². The number of aliphatic imine (C=N–C) groups is 1. The molecule has 0 aromatic heterocycles. The molecule has 0 atom stereocenters. The van der Waals surface area contributed by atoms with Gasteiger partial charge >= 0.3 is 6.02 Å². The van der Waals surface area contributed by atoms with Gasteiger partial charge in [-0.2, -0.15) is 4.99 Å². The highest BCUT2D eigenvalue weighted by atomic mass is 16.5. The molecule has 4 heteroatoms. The fraction of sp³-hybridized carbons (Fsp3) is 0.600. The third kappa shape index (κ3) is 0.872. The summed E-state index contributed by atoms with van der Waals surface area (Å²) in [5.74, 6) is 0.368. The second-order valence-corrected chi connectivity index (χ2v) is 2.41. The van der Waals surface area contributed by atoms with Crippen molar-refractivity contribution in [2.75, 3.05) is 0 Å². The lowest BCUT2D eigenvalue weighted by molar-refractivity contribution is 0.176. The molecule has 1 heterocycles. The molecule has 4 nitrogen and oxygen atoms in total. The van der Waals surface area contributed by atoms with Crippen LogP contribution in [0, 0.1) is 5.41 Å². The van der Waals surface area contributed by atoms with Crippen LogP contribution in [0.25, 0.3) is 0 Å². The SMILES string of the molecule is CC1(C)OC(=N)N=C1N. The number of hydrogen-bond acceptors (Lipinski definition) is 3. The Kier molecular flexibility index (Phi) is 0.986. The minimum absolute atomic E-state index is 0.0995. The minimum Gasteiger partial charge on any atom is -0.450 e. The summed E-state index contributed by atoms with van der Waals surface area (Å²) in [6.07, 6.45) is 0. The van der Waals surface area contributed by atoms with E-state index in [1.165, 1.54) is 0 Å². The second-order valence-electron chi connectivity index (χ2n) is 2.41. The summed E-state index contributed by atoms with van der Waals surface area (Å²) < 4.78 is 4.92. The maximum atomic E-state index is 6.94. The quantitative estimate of drug-likeness (QED) is 0.484. The van der Waals surface area contributed by atoms with Crippen LogP contribution in [0.2, 0.25) is 0 Å². The Morgan fingerprint density at radius 2 is 2.22 bits per heavy atom.